The van der Waals surface area contributed by atoms with Crippen molar-refractivity contribution in [3.63, 3.8) is 0 Å². The van der Waals surface area contributed by atoms with Crippen LogP contribution in [0.4, 0.5) is 9.52 Å². The highest BCUT2D eigenvalue weighted by Gasteiger charge is 2.40. The number of likely N-dealkylation sites (tertiary alicyclic amines) is 1. The predicted molar refractivity (Wildman–Crippen MR) is 117 cm³/mol. The third-order valence-corrected chi connectivity index (χ3v) is 6.65. The van der Waals surface area contributed by atoms with Gasteiger partial charge in [0.2, 0.25) is 11.0 Å². The third-order valence-electron chi connectivity index (χ3n) is 5.86. The maximum Gasteiger partial charge on any atom is 0.224 e. The number of halogens is 1. The van der Waals surface area contributed by atoms with Crippen molar-refractivity contribution in [1.29, 1.82) is 0 Å². The summed E-state index contributed by atoms with van der Waals surface area (Å²) >= 11 is 1.34. The number of ether oxygens (including phenoxy) is 2. The molecule has 0 bridgehead atoms. The van der Waals surface area contributed by atoms with E-state index in [0.717, 1.165) is 23.5 Å². The lowest BCUT2D eigenvalue weighted by Gasteiger charge is -2.38. The SMILES string of the molecule is CC(C)N(CCC(=O)N1CCC2(CC1)OCCO2)c1nc(Cc2ccc(F)cc2)ns1. The Morgan fingerprint density at radius 2 is 1.90 bits per heavy atom. The molecule has 1 aromatic heterocycles. The molecule has 2 aliphatic rings. The lowest BCUT2D eigenvalue weighted by Crippen LogP contribution is -2.48. The van der Waals surface area contributed by atoms with Gasteiger partial charge in [-0.2, -0.15) is 4.37 Å². The van der Waals surface area contributed by atoms with Gasteiger partial charge in [0.05, 0.1) is 13.2 Å². The largest absolute Gasteiger partial charge is 0.347 e. The number of anilines is 1. The second-order valence-electron chi connectivity index (χ2n) is 8.32. The van der Waals surface area contributed by atoms with E-state index in [1.165, 1.54) is 23.7 Å². The fourth-order valence-electron chi connectivity index (χ4n) is 4.05. The molecular weight excluding hydrogens is 419 g/mol. The van der Waals surface area contributed by atoms with Gasteiger partial charge >= 0.3 is 0 Å². The normalized spacial score (nSPS) is 18.1. The number of carbonyl (C=O) groups excluding carboxylic acids is 1. The van der Waals surface area contributed by atoms with Crippen LogP contribution in [0.25, 0.3) is 0 Å². The predicted octanol–water partition coefficient (Wildman–Crippen LogP) is 3.24. The summed E-state index contributed by atoms with van der Waals surface area (Å²) in [5, 5.41) is 0.810. The van der Waals surface area contributed by atoms with Crippen molar-refractivity contribution < 1.29 is 18.7 Å². The Labute approximate surface area is 186 Å². The molecule has 0 N–H and O–H groups in total. The standard InChI is InChI=1S/C22H29FN4O3S/c1-16(2)27(21-24-19(25-31-21)15-17-3-5-18(23)6-4-17)10-7-20(28)26-11-8-22(9-12-26)29-13-14-30-22/h3-6,16H,7-15H2,1-2H3. The summed E-state index contributed by atoms with van der Waals surface area (Å²) in [6.07, 6.45) is 2.45. The Balaban J connectivity index is 1.31. The quantitative estimate of drug-likeness (QED) is 0.648. The second kappa shape index (κ2) is 9.58. The number of aromatic nitrogens is 2. The highest BCUT2D eigenvalue weighted by atomic mass is 32.1. The first-order valence-electron chi connectivity index (χ1n) is 10.8. The zero-order valence-corrected chi connectivity index (χ0v) is 18.9. The van der Waals surface area contributed by atoms with E-state index in [0.29, 0.717) is 51.5 Å². The first kappa shape index (κ1) is 22.1. The molecule has 9 heteroatoms. The Morgan fingerprint density at radius 1 is 1.23 bits per heavy atom. The van der Waals surface area contributed by atoms with Crippen LogP contribution in [-0.2, 0) is 20.7 Å². The zero-order chi connectivity index (χ0) is 21.8. The number of hydrogen-bond donors (Lipinski definition) is 0. The molecule has 0 saturated carbocycles. The Kier molecular flexibility index (Phi) is 6.83. The molecule has 31 heavy (non-hydrogen) atoms. The number of amides is 1. The van der Waals surface area contributed by atoms with Crippen LogP contribution in [0.5, 0.6) is 0 Å². The van der Waals surface area contributed by atoms with E-state index < -0.39 is 5.79 Å². The van der Waals surface area contributed by atoms with Crippen LogP contribution >= 0.6 is 11.5 Å². The highest BCUT2D eigenvalue weighted by Crippen LogP contribution is 2.31. The number of piperidine rings is 1. The summed E-state index contributed by atoms with van der Waals surface area (Å²) in [6.45, 7) is 7.39. The molecule has 0 radical (unpaired) electrons. The van der Waals surface area contributed by atoms with E-state index in [-0.39, 0.29) is 17.8 Å². The van der Waals surface area contributed by atoms with E-state index in [1.807, 2.05) is 4.90 Å². The monoisotopic (exact) mass is 448 g/mol. The number of carbonyl (C=O) groups is 1. The van der Waals surface area contributed by atoms with Gasteiger partial charge in [0.1, 0.15) is 11.6 Å². The number of rotatable bonds is 7. The van der Waals surface area contributed by atoms with Crippen molar-refractivity contribution in [1.82, 2.24) is 14.3 Å². The average molecular weight is 449 g/mol. The fourth-order valence-corrected chi connectivity index (χ4v) is 4.90. The second-order valence-corrected chi connectivity index (χ2v) is 9.05. The Hall–Kier alpha value is -2.10. The van der Waals surface area contributed by atoms with E-state index >= 15 is 0 Å². The molecule has 7 nitrogen and oxygen atoms in total. The van der Waals surface area contributed by atoms with Crippen LogP contribution in [0.3, 0.4) is 0 Å². The number of hydrogen-bond acceptors (Lipinski definition) is 7. The van der Waals surface area contributed by atoms with E-state index in [1.54, 1.807) is 12.1 Å². The van der Waals surface area contributed by atoms with Crippen molar-refractivity contribution in [2.24, 2.45) is 0 Å². The first-order chi connectivity index (χ1) is 14.9. The molecular formula is C22H29FN4O3S. The minimum atomic E-state index is -0.464. The van der Waals surface area contributed by atoms with Crippen molar-refractivity contribution in [2.75, 3.05) is 37.7 Å². The number of benzene rings is 1. The van der Waals surface area contributed by atoms with E-state index in [9.17, 15) is 9.18 Å². The first-order valence-corrected chi connectivity index (χ1v) is 11.6. The van der Waals surface area contributed by atoms with E-state index in [4.69, 9.17) is 9.47 Å². The fraction of sp³-hybridized carbons (Fsp3) is 0.591. The topological polar surface area (TPSA) is 67.8 Å². The summed E-state index contributed by atoms with van der Waals surface area (Å²) in [6, 6.07) is 6.59. The van der Waals surface area contributed by atoms with Crippen molar-refractivity contribution in [2.45, 2.75) is 51.4 Å². The van der Waals surface area contributed by atoms with Crippen LogP contribution in [0.1, 0.15) is 44.5 Å². The third kappa shape index (κ3) is 5.39. The van der Waals surface area contributed by atoms with E-state index in [2.05, 4.69) is 28.1 Å². The van der Waals surface area contributed by atoms with Gasteiger partial charge in [0, 0.05) is 62.9 Å². The summed E-state index contributed by atoms with van der Waals surface area (Å²) in [7, 11) is 0. The van der Waals surface area contributed by atoms with Crippen LogP contribution in [0.2, 0.25) is 0 Å². The molecule has 3 heterocycles. The maximum atomic E-state index is 13.1. The van der Waals surface area contributed by atoms with Crippen molar-refractivity contribution in [3.8, 4) is 0 Å². The molecule has 0 atom stereocenters. The van der Waals surface area contributed by atoms with Gasteiger partial charge in [-0.1, -0.05) is 12.1 Å². The zero-order valence-electron chi connectivity index (χ0n) is 18.1. The molecule has 2 aliphatic heterocycles. The molecule has 2 fully saturated rings. The summed E-state index contributed by atoms with van der Waals surface area (Å²) in [4.78, 5) is 21.5. The lowest BCUT2D eigenvalue weighted by atomic mass is 10.0. The van der Waals surface area contributed by atoms with Gasteiger partial charge in [-0.3, -0.25) is 4.79 Å². The van der Waals surface area contributed by atoms with Gasteiger partial charge in [-0.25, -0.2) is 9.37 Å². The smallest absolute Gasteiger partial charge is 0.224 e. The molecule has 0 aliphatic carbocycles. The van der Waals surface area contributed by atoms with Crippen molar-refractivity contribution in [3.05, 3.63) is 41.5 Å². The molecule has 1 aromatic carbocycles. The highest BCUT2D eigenvalue weighted by molar-refractivity contribution is 7.09. The molecule has 1 spiro atoms. The molecule has 0 unspecified atom stereocenters. The summed E-state index contributed by atoms with van der Waals surface area (Å²) < 4.78 is 29.1. The molecule has 1 amide bonds. The summed E-state index contributed by atoms with van der Waals surface area (Å²) in [5.74, 6) is 0.142. The van der Waals surface area contributed by atoms with Crippen LogP contribution in [0.15, 0.2) is 24.3 Å². The number of nitrogens with zero attached hydrogens (tertiary/aromatic N) is 4. The van der Waals surface area contributed by atoms with Crippen LogP contribution in [-0.4, -0.2) is 64.8 Å². The van der Waals surface area contributed by atoms with Crippen molar-refractivity contribution >= 4 is 22.6 Å². The van der Waals surface area contributed by atoms with Gasteiger partial charge in [-0.05, 0) is 31.5 Å². The van der Waals surface area contributed by atoms with Gasteiger partial charge in [0.25, 0.3) is 0 Å². The minimum Gasteiger partial charge on any atom is -0.347 e. The molecule has 168 valence electrons. The van der Waals surface area contributed by atoms with Gasteiger partial charge in [0.15, 0.2) is 5.79 Å². The maximum absolute atomic E-state index is 13.1. The van der Waals surface area contributed by atoms with Crippen LogP contribution in [0, 0.1) is 5.82 Å². The Morgan fingerprint density at radius 3 is 2.55 bits per heavy atom. The molecule has 2 saturated heterocycles. The lowest BCUT2D eigenvalue weighted by molar-refractivity contribution is -0.187. The van der Waals surface area contributed by atoms with Gasteiger partial charge in [-0.15, -0.1) is 0 Å². The molecule has 2 aromatic rings. The van der Waals surface area contributed by atoms with Gasteiger partial charge < -0.3 is 19.3 Å². The minimum absolute atomic E-state index is 0.148. The molecule has 4 rings (SSSR count). The average Bonchev–Trinajstić information content (AvgIpc) is 3.40. The summed E-state index contributed by atoms with van der Waals surface area (Å²) in [5.41, 5.74) is 0.968. The Bertz CT molecular complexity index is 873. The van der Waals surface area contributed by atoms with Crippen LogP contribution < -0.4 is 4.90 Å².